The van der Waals surface area contributed by atoms with Gasteiger partial charge in [-0.2, -0.15) is 0 Å². The summed E-state index contributed by atoms with van der Waals surface area (Å²) in [6, 6.07) is 3.80. The molecule has 0 unspecified atom stereocenters. The maximum Gasteiger partial charge on any atom is 0.263 e. The van der Waals surface area contributed by atoms with Gasteiger partial charge in [-0.25, -0.2) is 17.2 Å². The van der Waals surface area contributed by atoms with Gasteiger partial charge in [0.15, 0.2) is 0 Å². The van der Waals surface area contributed by atoms with Gasteiger partial charge in [-0.05, 0) is 34.1 Å². The van der Waals surface area contributed by atoms with Gasteiger partial charge in [-0.1, -0.05) is 0 Å². The highest BCUT2D eigenvalue weighted by Gasteiger charge is 2.22. The molecule has 0 aliphatic heterocycles. The summed E-state index contributed by atoms with van der Waals surface area (Å²) in [5.74, 6) is -1.81. The Morgan fingerprint density at radius 1 is 1.30 bits per heavy atom. The first-order chi connectivity index (χ1) is 9.33. The molecule has 2 rings (SSSR count). The largest absolute Gasteiger partial charge is 0.391 e. The van der Waals surface area contributed by atoms with Gasteiger partial charge < -0.3 is 5.11 Å². The molecule has 20 heavy (non-hydrogen) atoms. The summed E-state index contributed by atoms with van der Waals surface area (Å²) in [6.45, 7) is -0.302. The van der Waals surface area contributed by atoms with Crippen LogP contribution in [-0.2, 0) is 16.6 Å². The summed E-state index contributed by atoms with van der Waals surface area (Å²) >= 11 is 4.12. The first-order valence-electron chi connectivity index (χ1n) is 5.20. The quantitative estimate of drug-likeness (QED) is 0.852. The second-order valence-corrected chi connectivity index (χ2v) is 7.84. The first-order valence-corrected chi connectivity index (χ1v) is 8.29. The van der Waals surface area contributed by atoms with E-state index in [0.717, 1.165) is 23.5 Å². The summed E-state index contributed by atoms with van der Waals surface area (Å²) in [7, 11) is -4.03. The van der Waals surface area contributed by atoms with E-state index in [4.69, 9.17) is 5.11 Å². The fraction of sp³-hybridized carbons (Fsp3) is 0.0909. The molecule has 0 aliphatic carbocycles. The van der Waals surface area contributed by atoms with Gasteiger partial charge in [0.2, 0.25) is 0 Å². The number of hydrogen-bond acceptors (Lipinski definition) is 4. The molecule has 108 valence electrons. The Bertz CT molecular complexity index is 746. The molecule has 1 aromatic carbocycles. The van der Waals surface area contributed by atoms with Crippen LogP contribution in [0.2, 0.25) is 0 Å². The SMILES string of the molecule is O=S(=O)(Nc1ccc(F)cc1F)c1cc(CO)sc1Br. The lowest BCUT2D eigenvalue weighted by molar-refractivity contribution is 0.285. The number of sulfonamides is 1. The molecule has 0 saturated heterocycles. The van der Waals surface area contributed by atoms with Crippen LogP contribution in [0.5, 0.6) is 0 Å². The highest BCUT2D eigenvalue weighted by molar-refractivity contribution is 9.11. The van der Waals surface area contributed by atoms with Crippen molar-refractivity contribution in [2.24, 2.45) is 0 Å². The zero-order valence-electron chi connectivity index (χ0n) is 9.73. The van der Waals surface area contributed by atoms with Gasteiger partial charge >= 0.3 is 0 Å². The highest BCUT2D eigenvalue weighted by Crippen LogP contribution is 2.33. The van der Waals surface area contributed by atoms with Crippen LogP contribution < -0.4 is 4.72 Å². The maximum absolute atomic E-state index is 13.5. The number of benzene rings is 1. The Balaban J connectivity index is 2.38. The van der Waals surface area contributed by atoms with Crippen LogP contribution in [0.1, 0.15) is 4.88 Å². The third kappa shape index (κ3) is 3.17. The third-order valence-corrected chi connectivity index (χ3v) is 5.93. The van der Waals surface area contributed by atoms with Crippen molar-refractivity contribution in [1.29, 1.82) is 0 Å². The minimum atomic E-state index is -4.03. The normalized spacial score (nSPS) is 11.6. The van der Waals surface area contributed by atoms with E-state index in [1.807, 2.05) is 4.72 Å². The molecule has 0 atom stereocenters. The zero-order valence-corrected chi connectivity index (χ0v) is 12.9. The Labute approximate surface area is 126 Å². The molecule has 0 bridgehead atoms. The fourth-order valence-electron chi connectivity index (χ4n) is 1.43. The van der Waals surface area contributed by atoms with Gasteiger partial charge in [0.05, 0.1) is 16.1 Å². The lowest BCUT2D eigenvalue weighted by Gasteiger charge is -2.08. The Hall–Kier alpha value is -1.03. The van der Waals surface area contributed by atoms with Crippen molar-refractivity contribution in [2.45, 2.75) is 11.5 Å². The molecule has 1 aromatic heterocycles. The molecule has 2 N–H and O–H groups in total. The topological polar surface area (TPSA) is 66.4 Å². The van der Waals surface area contributed by atoms with Crippen LogP contribution in [0.4, 0.5) is 14.5 Å². The Kier molecular flexibility index (Phi) is 4.43. The van der Waals surface area contributed by atoms with Crippen LogP contribution in [0.15, 0.2) is 32.9 Å². The molecule has 2 aromatic rings. The standard InChI is InChI=1S/C11H8BrF2NO3S2/c12-11-10(4-7(5-16)19-11)20(17,18)15-9-2-1-6(13)3-8(9)14/h1-4,15-16H,5H2. The second-order valence-electron chi connectivity index (χ2n) is 3.74. The molecular formula is C11H8BrF2NO3S2. The van der Waals surface area contributed by atoms with E-state index in [2.05, 4.69) is 15.9 Å². The summed E-state index contributed by atoms with van der Waals surface area (Å²) < 4.78 is 52.8. The summed E-state index contributed by atoms with van der Waals surface area (Å²) in [5, 5.41) is 8.98. The first kappa shape index (κ1) is 15.4. The number of rotatable bonds is 4. The van der Waals surface area contributed by atoms with Crippen molar-refractivity contribution in [3.8, 4) is 0 Å². The number of nitrogens with one attached hydrogen (secondary N) is 1. The average Bonchev–Trinajstić information content (AvgIpc) is 2.75. The van der Waals surface area contributed by atoms with E-state index in [0.29, 0.717) is 10.9 Å². The van der Waals surface area contributed by atoms with Gasteiger partial charge in [-0.15, -0.1) is 11.3 Å². The van der Waals surface area contributed by atoms with Gasteiger partial charge in [-0.3, -0.25) is 4.72 Å². The zero-order chi connectivity index (χ0) is 14.9. The minimum absolute atomic E-state index is 0.115. The van der Waals surface area contributed by atoms with Crippen LogP contribution in [0, 0.1) is 11.6 Å². The third-order valence-electron chi connectivity index (χ3n) is 2.33. The van der Waals surface area contributed by atoms with Crippen LogP contribution in [0.3, 0.4) is 0 Å². The van der Waals surface area contributed by atoms with Gasteiger partial charge in [0.1, 0.15) is 16.5 Å². The van der Waals surface area contributed by atoms with Crippen molar-refractivity contribution < 1.29 is 22.3 Å². The molecule has 1 heterocycles. The van der Waals surface area contributed by atoms with E-state index in [-0.39, 0.29) is 21.0 Å². The second kappa shape index (κ2) is 5.76. The Morgan fingerprint density at radius 2 is 2.00 bits per heavy atom. The summed E-state index contributed by atoms with van der Waals surface area (Å²) in [4.78, 5) is 0.326. The molecule has 0 amide bonds. The number of hydrogen-bond donors (Lipinski definition) is 2. The number of aliphatic hydroxyl groups is 1. The lowest BCUT2D eigenvalue weighted by Crippen LogP contribution is -2.13. The summed E-state index contributed by atoms with van der Waals surface area (Å²) in [5.41, 5.74) is -0.352. The highest BCUT2D eigenvalue weighted by atomic mass is 79.9. The van der Waals surface area contributed by atoms with Gasteiger partial charge in [0, 0.05) is 10.9 Å². The van der Waals surface area contributed by atoms with Gasteiger partial charge in [0.25, 0.3) is 10.0 Å². The van der Waals surface area contributed by atoms with Crippen molar-refractivity contribution in [2.75, 3.05) is 4.72 Å². The Morgan fingerprint density at radius 3 is 2.55 bits per heavy atom. The van der Waals surface area contributed by atoms with E-state index >= 15 is 0 Å². The van der Waals surface area contributed by atoms with Crippen molar-refractivity contribution in [3.63, 3.8) is 0 Å². The summed E-state index contributed by atoms with van der Waals surface area (Å²) in [6.07, 6.45) is 0. The molecule has 9 heteroatoms. The molecular weight excluding hydrogens is 376 g/mol. The van der Waals surface area contributed by atoms with E-state index in [9.17, 15) is 17.2 Å². The van der Waals surface area contributed by atoms with Crippen molar-refractivity contribution in [1.82, 2.24) is 0 Å². The van der Waals surface area contributed by atoms with E-state index in [1.165, 1.54) is 6.07 Å². The fourth-order valence-corrected chi connectivity index (χ4v) is 5.04. The number of halogens is 3. The molecule has 0 spiro atoms. The number of anilines is 1. The van der Waals surface area contributed by atoms with Crippen molar-refractivity contribution >= 4 is 43.0 Å². The monoisotopic (exact) mass is 383 g/mol. The van der Waals surface area contributed by atoms with Crippen LogP contribution in [0.25, 0.3) is 0 Å². The molecule has 0 saturated carbocycles. The number of aliphatic hydroxyl groups excluding tert-OH is 1. The average molecular weight is 384 g/mol. The molecule has 0 aliphatic rings. The predicted molar refractivity (Wildman–Crippen MR) is 75.1 cm³/mol. The lowest BCUT2D eigenvalue weighted by atomic mass is 10.3. The van der Waals surface area contributed by atoms with Crippen LogP contribution in [-0.4, -0.2) is 13.5 Å². The van der Waals surface area contributed by atoms with E-state index < -0.39 is 21.7 Å². The van der Waals surface area contributed by atoms with E-state index in [1.54, 1.807) is 0 Å². The predicted octanol–water partition coefficient (Wildman–Crippen LogP) is 3.08. The molecule has 4 nitrogen and oxygen atoms in total. The minimum Gasteiger partial charge on any atom is -0.391 e. The number of thiophene rings is 1. The maximum atomic E-state index is 13.5. The molecule has 0 fully saturated rings. The molecule has 0 radical (unpaired) electrons. The van der Waals surface area contributed by atoms with Crippen molar-refractivity contribution in [3.05, 3.63) is 44.6 Å². The van der Waals surface area contributed by atoms with Crippen LogP contribution >= 0.6 is 27.3 Å². The smallest absolute Gasteiger partial charge is 0.263 e.